The van der Waals surface area contributed by atoms with Crippen LogP contribution in [-0.4, -0.2) is 41.0 Å². The van der Waals surface area contributed by atoms with Crippen LogP contribution in [0.2, 0.25) is 0 Å². The number of fused-ring (bicyclic) bond motifs is 2. The number of rotatable bonds is 6. The number of nitrogens with zero attached hydrogens (tertiary/aromatic N) is 1. The van der Waals surface area contributed by atoms with Crippen LogP contribution in [-0.2, 0) is 17.8 Å². The van der Waals surface area contributed by atoms with Crippen molar-refractivity contribution in [1.29, 1.82) is 0 Å². The summed E-state index contributed by atoms with van der Waals surface area (Å²) in [6.45, 7) is 6.65. The molecule has 0 amide bonds. The number of thiocarbonyl (C=S) groups is 1. The minimum Gasteiger partial charge on any atom is -0.454 e. The number of aromatic amines is 1. The topological polar surface area (TPSA) is 75.8 Å². The van der Waals surface area contributed by atoms with E-state index in [0.717, 1.165) is 58.5 Å². The number of ether oxygens (including phenoxy) is 3. The third kappa shape index (κ3) is 4.74. The molecule has 2 N–H and O–H groups in total. The Balaban J connectivity index is 1.42. The van der Waals surface area contributed by atoms with E-state index in [1.54, 1.807) is 0 Å². The molecule has 0 aliphatic carbocycles. The van der Waals surface area contributed by atoms with Crippen molar-refractivity contribution >= 4 is 28.2 Å². The summed E-state index contributed by atoms with van der Waals surface area (Å²) in [7, 11) is 0. The molecule has 0 bridgehead atoms. The predicted octanol–water partition coefficient (Wildman–Crippen LogP) is 3.93. The fourth-order valence-electron chi connectivity index (χ4n) is 4.52. The molecule has 1 fully saturated rings. The minimum atomic E-state index is -0.0983. The Bertz CT molecular complexity index is 1280. The van der Waals surface area contributed by atoms with Gasteiger partial charge in [0.1, 0.15) is 0 Å². The van der Waals surface area contributed by atoms with Crippen LogP contribution >= 0.6 is 12.2 Å². The van der Waals surface area contributed by atoms with Gasteiger partial charge in [0.2, 0.25) is 6.79 Å². The normalized spacial score (nSPS) is 16.7. The Morgan fingerprint density at radius 2 is 1.94 bits per heavy atom. The fraction of sp³-hybridized carbons (Fsp3) is 0.385. The lowest BCUT2D eigenvalue weighted by Gasteiger charge is -2.27. The molecule has 0 unspecified atom stereocenters. The first-order valence-electron chi connectivity index (χ1n) is 11.6. The zero-order valence-electron chi connectivity index (χ0n) is 19.5. The van der Waals surface area contributed by atoms with Gasteiger partial charge < -0.3 is 29.4 Å². The standard InChI is InChI=1S/C26H29N3O4S/c1-16-5-6-17(2)24-21(16)11-19(25(30)28-24)14-29(26(34)27-12-20-4-3-9-31-20)13-18-7-8-22-23(10-18)33-15-32-22/h5-8,10-11,20H,3-4,9,12-15H2,1-2H3,(H,27,34)(H,28,30)/t20-/m0/s1. The highest BCUT2D eigenvalue weighted by Crippen LogP contribution is 2.33. The van der Waals surface area contributed by atoms with Crippen LogP contribution < -0.4 is 20.3 Å². The average Bonchev–Trinajstić information content (AvgIpc) is 3.52. The summed E-state index contributed by atoms with van der Waals surface area (Å²) in [5, 5.41) is 5.00. The zero-order valence-corrected chi connectivity index (χ0v) is 20.3. The number of hydrogen-bond donors (Lipinski definition) is 2. The van der Waals surface area contributed by atoms with Gasteiger partial charge in [-0.3, -0.25) is 4.79 Å². The summed E-state index contributed by atoms with van der Waals surface area (Å²) >= 11 is 5.78. The van der Waals surface area contributed by atoms with Crippen LogP contribution in [0.4, 0.5) is 0 Å². The summed E-state index contributed by atoms with van der Waals surface area (Å²) in [5.74, 6) is 1.47. The van der Waals surface area contributed by atoms with E-state index in [2.05, 4.69) is 23.3 Å². The lowest BCUT2D eigenvalue weighted by molar-refractivity contribution is 0.113. The van der Waals surface area contributed by atoms with Crippen LogP contribution in [0.15, 0.2) is 41.2 Å². The maximum absolute atomic E-state index is 13.0. The number of nitrogens with one attached hydrogen (secondary N) is 2. The Labute approximate surface area is 204 Å². The van der Waals surface area contributed by atoms with Crippen LogP contribution in [0.25, 0.3) is 10.9 Å². The smallest absolute Gasteiger partial charge is 0.253 e. The molecule has 2 aromatic carbocycles. The third-order valence-electron chi connectivity index (χ3n) is 6.48. The fourth-order valence-corrected chi connectivity index (χ4v) is 4.73. The van der Waals surface area contributed by atoms with Gasteiger partial charge in [-0.15, -0.1) is 0 Å². The highest BCUT2D eigenvalue weighted by molar-refractivity contribution is 7.80. The summed E-state index contributed by atoms with van der Waals surface area (Å²) in [6.07, 6.45) is 2.27. The van der Waals surface area contributed by atoms with Crippen molar-refractivity contribution in [3.8, 4) is 11.5 Å². The van der Waals surface area contributed by atoms with Gasteiger partial charge >= 0.3 is 0 Å². The number of pyridine rings is 1. The summed E-state index contributed by atoms with van der Waals surface area (Å²) in [4.78, 5) is 18.1. The maximum atomic E-state index is 13.0. The number of aryl methyl sites for hydroxylation is 2. The van der Waals surface area contributed by atoms with E-state index in [9.17, 15) is 4.79 Å². The van der Waals surface area contributed by atoms with Crippen LogP contribution in [0.3, 0.4) is 0 Å². The van der Waals surface area contributed by atoms with Gasteiger partial charge in [-0.05, 0) is 73.8 Å². The molecule has 178 valence electrons. The number of H-pyrrole nitrogens is 1. The van der Waals surface area contributed by atoms with Crippen molar-refractivity contribution in [3.63, 3.8) is 0 Å². The molecule has 3 aromatic rings. The van der Waals surface area contributed by atoms with E-state index in [1.807, 2.05) is 42.2 Å². The summed E-state index contributed by atoms with van der Waals surface area (Å²) in [5.41, 5.74) is 4.65. The highest BCUT2D eigenvalue weighted by Gasteiger charge is 2.20. The second-order valence-corrected chi connectivity index (χ2v) is 9.36. The van der Waals surface area contributed by atoms with Crippen molar-refractivity contribution in [3.05, 3.63) is 69.0 Å². The molecule has 1 aromatic heterocycles. The molecule has 7 nitrogen and oxygen atoms in total. The van der Waals surface area contributed by atoms with Gasteiger partial charge in [-0.1, -0.05) is 18.2 Å². The monoisotopic (exact) mass is 479 g/mol. The Hall–Kier alpha value is -3.10. The average molecular weight is 480 g/mol. The van der Waals surface area contributed by atoms with Crippen molar-refractivity contribution in [2.24, 2.45) is 0 Å². The van der Waals surface area contributed by atoms with Gasteiger partial charge in [0, 0.05) is 30.6 Å². The van der Waals surface area contributed by atoms with E-state index < -0.39 is 0 Å². The first-order chi connectivity index (χ1) is 16.5. The maximum Gasteiger partial charge on any atom is 0.253 e. The largest absolute Gasteiger partial charge is 0.454 e. The molecule has 8 heteroatoms. The number of aromatic nitrogens is 1. The predicted molar refractivity (Wildman–Crippen MR) is 135 cm³/mol. The molecule has 3 heterocycles. The molecule has 1 atom stereocenters. The van der Waals surface area contributed by atoms with Gasteiger partial charge in [0.05, 0.1) is 18.2 Å². The van der Waals surface area contributed by atoms with Crippen LogP contribution in [0.1, 0.15) is 35.1 Å². The number of benzene rings is 2. The molecular formula is C26H29N3O4S. The lowest BCUT2D eigenvalue weighted by Crippen LogP contribution is -2.42. The second-order valence-electron chi connectivity index (χ2n) is 8.98. The molecule has 0 radical (unpaired) electrons. The molecule has 34 heavy (non-hydrogen) atoms. The Morgan fingerprint density at radius 1 is 1.12 bits per heavy atom. The van der Waals surface area contributed by atoms with E-state index in [4.69, 9.17) is 26.4 Å². The molecule has 5 rings (SSSR count). The van der Waals surface area contributed by atoms with Gasteiger partial charge in [0.25, 0.3) is 5.56 Å². The van der Waals surface area contributed by atoms with E-state index in [0.29, 0.717) is 30.3 Å². The van der Waals surface area contributed by atoms with Crippen LogP contribution in [0.5, 0.6) is 11.5 Å². The van der Waals surface area contributed by atoms with Crippen molar-refractivity contribution in [2.75, 3.05) is 19.9 Å². The quantitative estimate of drug-likeness (QED) is 0.519. The molecule has 0 saturated carbocycles. The van der Waals surface area contributed by atoms with E-state index in [-0.39, 0.29) is 18.5 Å². The van der Waals surface area contributed by atoms with Crippen molar-refractivity contribution in [1.82, 2.24) is 15.2 Å². The first kappa shape index (κ1) is 22.7. The molecule has 2 aliphatic rings. The van der Waals surface area contributed by atoms with E-state index in [1.165, 1.54) is 0 Å². The number of hydrogen-bond acceptors (Lipinski definition) is 5. The van der Waals surface area contributed by atoms with Gasteiger partial charge in [0.15, 0.2) is 16.6 Å². The zero-order chi connectivity index (χ0) is 23.7. The molecule has 0 spiro atoms. The molecular weight excluding hydrogens is 450 g/mol. The SMILES string of the molecule is Cc1ccc(C)c2[nH]c(=O)c(CN(Cc3ccc4c(c3)OCO4)C(=S)NC[C@@H]3CCCO3)cc12. The Kier molecular flexibility index (Phi) is 6.43. The van der Waals surface area contributed by atoms with E-state index >= 15 is 0 Å². The Morgan fingerprint density at radius 3 is 2.76 bits per heavy atom. The minimum absolute atomic E-state index is 0.0983. The van der Waals surface area contributed by atoms with Crippen LogP contribution in [0, 0.1) is 13.8 Å². The second kappa shape index (κ2) is 9.64. The summed E-state index contributed by atoms with van der Waals surface area (Å²) in [6, 6.07) is 12.0. The van der Waals surface area contributed by atoms with Gasteiger partial charge in [-0.2, -0.15) is 0 Å². The summed E-state index contributed by atoms with van der Waals surface area (Å²) < 4.78 is 16.7. The molecule has 2 aliphatic heterocycles. The van der Waals surface area contributed by atoms with Crippen molar-refractivity contribution < 1.29 is 14.2 Å². The van der Waals surface area contributed by atoms with Gasteiger partial charge in [-0.25, -0.2) is 0 Å². The third-order valence-corrected chi connectivity index (χ3v) is 6.89. The first-order valence-corrected chi connectivity index (χ1v) is 12.0. The highest BCUT2D eigenvalue weighted by atomic mass is 32.1. The lowest BCUT2D eigenvalue weighted by atomic mass is 10.0. The molecule has 1 saturated heterocycles. The van der Waals surface area contributed by atoms with Crippen molar-refractivity contribution in [2.45, 2.75) is 45.9 Å².